The molecule has 70 heavy (non-hydrogen) atoms. The number of ether oxygens (including phenoxy) is 3. The molecule has 1 atom stereocenters. The van der Waals surface area contributed by atoms with Crippen LogP contribution in [-0.4, -0.2) is 248 Å². The van der Waals surface area contributed by atoms with Gasteiger partial charge in [-0.05, 0) is 37.0 Å². The number of carbonyl (C=O) groups is 10. The molecule has 1 aromatic carbocycles. The monoisotopic (exact) mass is 991 g/mol. The predicted octanol–water partition coefficient (Wildman–Crippen LogP) is -3.66. The Balaban J connectivity index is 1.25. The van der Waals surface area contributed by atoms with Gasteiger partial charge in [-0.25, -0.2) is 4.79 Å². The molecule has 0 aliphatic carbocycles. The SMILES string of the molecule is O=C(O)CN1CCN(CC(=O)O)CCN(CC(=O)NCCOCCOCCOCC(=O)NCc2cccc(C(=O)NCC(=O)N[C@@H](CCCCN3C(=O)C=CC3=O)C(=O)O)c2)CCN(CC(=O)O)CC1. The Morgan fingerprint density at radius 3 is 1.63 bits per heavy atom. The van der Waals surface area contributed by atoms with Crippen molar-refractivity contribution in [3.05, 3.63) is 47.5 Å². The summed E-state index contributed by atoms with van der Waals surface area (Å²) in [5.74, 6) is -7.33. The fourth-order valence-corrected chi connectivity index (χ4v) is 7.02. The third-order valence-corrected chi connectivity index (χ3v) is 10.7. The maximum absolute atomic E-state index is 12.8. The van der Waals surface area contributed by atoms with Crippen LogP contribution in [0.2, 0.25) is 0 Å². The average molecular weight is 992 g/mol. The zero-order valence-corrected chi connectivity index (χ0v) is 39.1. The number of amides is 6. The molecule has 2 aliphatic heterocycles. The molecule has 0 unspecified atom stereocenters. The first-order chi connectivity index (χ1) is 33.5. The Labute approximate surface area is 404 Å². The maximum Gasteiger partial charge on any atom is 0.326 e. The minimum atomic E-state index is -1.27. The lowest BCUT2D eigenvalue weighted by atomic mass is 10.1. The van der Waals surface area contributed by atoms with Gasteiger partial charge in [-0.1, -0.05) is 12.1 Å². The van der Waals surface area contributed by atoms with Crippen LogP contribution in [0.4, 0.5) is 0 Å². The Kier molecular flexibility index (Phi) is 26.8. The summed E-state index contributed by atoms with van der Waals surface area (Å²) < 4.78 is 16.3. The molecule has 2 aliphatic rings. The number of rotatable bonds is 31. The first kappa shape index (κ1) is 57.9. The molecule has 388 valence electrons. The standard InChI is InChI=1S/C44H65N9O17/c54-35(48-34(44(66)67)6-1-2-10-53-38(57)7-8-39(53)58)26-47-43(65)33-5-3-4-32(24-33)25-46-37(56)31-70-23-22-69-21-20-68-19-9-45-36(55)27-49-11-13-50(28-40(59)60)15-17-52(30-42(63)64)18-16-51(14-12-49)29-41(61)62/h3-5,7-8,24,34H,1-2,6,9-23,25-31H2,(H,45,55)(H,46,56)(H,47,65)(H,48,54)(H,59,60)(H,61,62)(H,63,64)(H,66,67)/t34-/m0/s1. The second-order valence-electron chi connectivity index (χ2n) is 16.2. The van der Waals surface area contributed by atoms with Gasteiger partial charge in [-0.3, -0.25) is 67.7 Å². The molecular formula is C44H65N9O17. The molecule has 8 N–H and O–H groups in total. The lowest BCUT2D eigenvalue weighted by Gasteiger charge is -2.32. The smallest absolute Gasteiger partial charge is 0.326 e. The van der Waals surface area contributed by atoms with E-state index in [1.54, 1.807) is 26.8 Å². The van der Waals surface area contributed by atoms with Crippen LogP contribution in [0, 0.1) is 0 Å². The number of carbonyl (C=O) groups excluding carboxylic acids is 6. The largest absolute Gasteiger partial charge is 0.480 e. The first-order valence-corrected chi connectivity index (χ1v) is 22.7. The number of hydrogen-bond acceptors (Lipinski definition) is 17. The molecule has 0 aromatic heterocycles. The van der Waals surface area contributed by atoms with Crippen molar-refractivity contribution in [1.29, 1.82) is 0 Å². The fraction of sp³-hybridized carbons (Fsp3) is 0.591. The third kappa shape index (κ3) is 24.7. The summed E-state index contributed by atoms with van der Waals surface area (Å²) in [5.41, 5.74) is 0.787. The highest BCUT2D eigenvalue weighted by Gasteiger charge is 2.25. The Morgan fingerprint density at radius 2 is 1.10 bits per heavy atom. The van der Waals surface area contributed by atoms with E-state index in [-0.39, 0.29) is 143 Å². The van der Waals surface area contributed by atoms with E-state index in [9.17, 15) is 68.4 Å². The van der Waals surface area contributed by atoms with Crippen LogP contribution in [0.1, 0.15) is 35.2 Å². The third-order valence-electron chi connectivity index (χ3n) is 10.7. The predicted molar refractivity (Wildman–Crippen MR) is 244 cm³/mol. The van der Waals surface area contributed by atoms with E-state index in [1.807, 2.05) is 4.90 Å². The summed E-state index contributed by atoms with van der Waals surface area (Å²) in [6.45, 7) is 2.00. The van der Waals surface area contributed by atoms with Crippen molar-refractivity contribution in [1.82, 2.24) is 45.8 Å². The van der Waals surface area contributed by atoms with Gasteiger partial charge in [-0.15, -0.1) is 0 Å². The first-order valence-electron chi connectivity index (χ1n) is 22.7. The molecule has 1 aromatic rings. The van der Waals surface area contributed by atoms with Crippen molar-refractivity contribution in [2.45, 2.75) is 31.8 Å². The molecule has 2 heterocycles. The van der Waals surface area contributed by atoms with E-state index in [0.29, 0.717) is 31.5 Å². The molecule has 3 rings (SSSR count). The van der Waals surface area contributed by atoms with Gasteiger partial charge in [0.25, 0.3) is 17.7 Å². The van der Waals surface area contributed by atoms with Crippen LogP contribution >= 0.6 is 0 Å². The number of imide groups is 1. The minimum absolute atomic E-state index is 0.0240. The van der Waals surface area contributed by atoms with Gasteiger partial charge in [0.15, 0.2) is 0 Å². The van der Waals surface area contributed by atoms with Gasteiger partial charge in [-0.2, -0.15) is 0 Å². The topological polar surface area (TPSA) is 344 Å². The fourth-order valence-electron chi connectivity index (χ4n) is 7.02. The number of carboxylic acid groups (broad SMARTS) is 4. The second kappa shape index (κ2) is 32.4. The van der Waals surface area contributed by atoms with Crippen molar-refractivity contribution in [2.75, 3.05) is 138 Å². The van der Waals surface area contributed by atoms with Crippen molar-refractivity contribution < 1.29 is 82.6 Å². The zero-order valence-electron chi connectivity index (χ0n) is 39.1. The molecule has 0 saturated carbocycles. The van der Waals surface area contributed by atoms with Gasteiger partial charge in [0.2, 0.25) is 17.7 Å². The molecule has 1 saturated heterocycles. The molecule has 0 bridgehead atoms. The molecule has 0 spiro atoms. The molecule has 26 nitrogen and oxygen atoms in total. The maximum atomic E-state index is 12.8. The number of benzene rings is 1. The second-order valence-corrected chi connectivity index (χ2v) is 16.2. The number of nitrogens with zero attached hydrogens (tertiary/aromatic N) is 5. The highest BCUT2D eigenvalue weighted by Crippen LogP contribution is 2.09. The normalized spacial score (nSPS) is 15.9. The van der Waals surface area contributed by atoms with Crippen LogP contribution < -0.4 is 21.3 Å². The Bertz CT molecular complexity index is 1920. The van der Waals surface area contributed by atoms with E-state index in [0.717, 1.165) is 17.1 Å². The van der Waals surface area contributed by atoms with Gasteiger partial charge in [0.05, 0.1) is 65.8 Å². The summed E-state index contributed by atoms with van der Waals surface area (Å²) in [5, 5.41) is 47.9. The summed E-state index contributed by atoms with van der Waals surface area (Å²) in [6.07, 6.45) is 3.02. The summed E-state index contributed by atoms with van der Waals surface area (Å²) in [7, 11) is 0. The van der Waals surface area contributed by atoms with E-state index < -0.39 is 66.0 Å². The summed E-state index contributed by atoms with van der Waals surface area (Å²) in [4.78, 5) is 128. The van der Waals surface area contributed by atoms with Crippen molar-refractivity contribution in [2.24, 2.45) is 0 Å². The van der Waals surface area contributed by atoms with E-state index in [4.69, 9.17) is 14.2 Å². The zero-order chi connectivity index (χ0) is 51.3. The van der Waals surface area contributed by atoms with Crippen LogP contribution in [0.25, 0.3) is 0 Å². The molecular weight excluding hydrogens is 927 g/mol. The Morgan fingerprint density at radius 1 is 0.586 bits per heavy atom. The number of unbranched alkanes of at least 4 members (excludes halogenated alkanes) is 1. The van der Waals surface area contributed by atoms with Crippen molar-refractivity contribution >= 4 is 59.3 Å². The number of hydrogen-bond donors (Lipinski definition) is 8. The van der Waals surface area contributed by atoms with Crippen molar-refractivity contribution in [3.63, 3.8) is 0 Å². The Hall–Kier alpha value is -6.42. The van der Waals surface area contributed by atoms with Crippen LogP contribution in [0.15, 0.2) is 36.4 Å². The van der Waals surface area contributed by atoms with E-state index >= 15 is 0 Å². The van der Waals surface area contributed by atoms with Crippen molar-refractivity contribution in [3.8, 4) is 0 Å². The molecule has 6 amide bonds. The summed E-state index contributed by atoms with van der Waals surface area (Å²) >= 11 is 0. The van der Waals surface area contributed by atoms with Crippen LogP contribution in [0.3, 0.4) is 0 Å². The summed E-state index contributed by atoms with van der Waals surface area (Å²) in [6, 6.07) is 5.07. The highest BCUT2D eigenvalue weighted by atomic mass is 16.5. The lowest BCUT2D eigenvalue weighted by Crippen LogP contribution is -2.50. The van der Waals surface area contributed by atoms with E-state index in [1.165, 1.54) is 12.1 Å². The highest BCUT2D eigenvalue weighted by molar-refractivity contribution is 6.12. The minimum Gasteiger partial charge on any atom is -0.480 e. The molecule has 26 heteroatoms. The lowest BCUT2D eigenvalue weighted by molar-refractivity contribution is -0.142. The van der Waals surface area contributed by atoms with Gasteiger partial charge in [0, 0.05) is 89.7 Å². The average Bonchev–Trinajstić information content (AvgIpc) is 3.63. The van der Waals surface area contributed by atoms with Gasteiger partial charge >= 0.3 is 23.9 Å². The van der Waals surface area contributed by atoms with Crippen LogP contribution in [-0.2, 0) is 63.9 Å². The van der Waals surface area contributed by atoms with Crippen LogP contribution in [0.5, 0.6) is 0 Å². The number of nitrogens with one attached hydrogen (secondary N) is 4. The number of aliphatic carboxylic acids is 4. The number of carboxylic acids is 4. The molecule has 0 radical (unpaired) electrons. The van der Waals surface area contributed by atoms with E-state index in [2.05, 4.69) is 21.3 Å². The molecule has 1 fully saturated rings. The van der Waals surface area contributed by atoms with Gasteiger partial charge < -0.3 is 55.9 Å². The quantitative estimate of drug-likeness (QED) is 0.0263. The van der Waals surface area contributed by atoms with Gasteiger partial charge in [0.1, 0.15) is 12.6 Å².